The molecule has 2 aliphatic rings. The molecule has 1 fully saturated rings. The van der Waals surface area contributed by atoms with Crippen molar-refractivity contribution in [2.24, 2.45) is 11.1 Å². The summed E-state index contributed by atoms with van der Waals surface area (Å²) in [5.74, 6) is 0.294. The van der Waals surface area contributed by atoms with Gasteiger partial charge in [-0.2, -0.15) is 0 Å². The Morgan fingerprint density at radius 1 is 1.24 bits per heavy atom. The maximum absolute atomic E-state index is 9.24. The van der Waals surface area contributed by atoms with Gasteiger partial charge < -0.3 is 21.9 Å². The summed E-state index contributed by atoms with van der Waals surface area (Å²) in [6.45, 7) is 7.20. The summed E-state index contributed by atoms with van der Waals surface area (Å²) in [5.41, 5.74) is 17.7. The van der Waals surface area contributed by atoms with Crippen LogP contribution in [0.3, 0.4) is 0 Å². The Hall–Kier alpha value is -2.18. The number of fused-ring (bicyclic) bond motifs is 1. The van der Waals surface area contributed by atoms with Crippen molar-refractivity contribution in [3.8, 4) is 11.3 Å². The Morgan fingerprint density at radius 3 is 2.59 bits per heavy atom. The molecule has 2 heterocycles. The molecular formula is C23H35N5O. The maximum Gasteiger partial charge on any atom is 0.147 e. The summed E-state index contributed by atoms with van der Waals surface area (Å²) in [6, 6.07) is 6.72. The van der Waals surface area contributed by atoms with Crippen LogP contribution in [-0.2, 0) is 13.0 Å². The van der Waals surface area contributed by atoms with Crippen molar-refractivity contribution in [1.82, 2.24) is 9.97 Å². The van der Waals surface area contributed by atoms with E-state index in [1.807, 2.05) is 13.0 Å². The van der Waals surface area contributed by atoms with Gasteiger partial charge >= 0.3 is 0 Å². The van der Waals surface area contributed by atoms with Crippen molar-refractivity contribution in [3.63, 3.8) is 0 Å². The summed E-state index contributed by atoms with van der Waals surface area (Å²) in [5, 5.41) is 12.6. The molecule has 158 valence electrons. The molecule has 0 bridgehead atoms. The number of nitrogens with one attached hydrogen (secondary N) is 1. The fraction of sp³-hybridized carbons (Fsp3) is 0.565. The highest BCUT2D eigenvalue weighted by atomic mass is 16.3. The highest BCUT2D eigenvalue weighted by Gasteiger charge is 2.37. The molecule has 6 N–H and O–H groups in total. The highest BCUT2D eigenvalue weighted by Crippen LogP contribution is 2.42. The van der Waals surface area contributed by atoms with Crippen LogP contribution in [0.4, 0.5) is 11.5 Å². The number of aromatic nitrogens is 2. The quantitative estimate of drug-likeness (QED) is 0.625. The fourth-order valence-electron chi connectivity index (χ4n) is 4.69. The van der Waals surface area contributed by atoms with Gasteiger partial charge in [0.05, 0.1) is 18.0 Å². The van der Waals surface area contributed by atoms with Gasteiger partial charge in [-0.3, -0.25) is 0 Å². The largest absolute Gasteiger partial charge is 0.390 e. The molecule has 6 nitrogen and oxygen atoms in total. The highest BCUT2D eigenvalue weighted by molar-refractivity contribution is 5.71. The van der Waals surface area contributed by atoms with E-state index in [9.17, 15) is 5.11 Å². The molecule has 1 aromatic carbocycles. The zero-order chi connectivity index (χ0) is 21.0. The van der Waals surface area contributed by atoms with Crippen molar-refractivity contribution in [3.05, 3.63) is 35.2 Å². The minimum Gasteiger partial charge on any atom is -0.390 e. The van der Waals surface area contributed by atoms with Crippen LogP contribution in [0.5, 0.6) is 0 Å². The number of nitrogen functional groups attached to an aromatic ring is 1. The molecule has 0 unspecified atom stereocenters. The van der Waals surface area contributed by atoms with Crippen molar-refractivity contribution < 1.29 is 5.11 Å². The van der Waals surface area contributed by atoms with Crippen LogP contribution < -0.4 is 16.8 Å². The number of aliphatic hydroxyl groups excluding tert-OH is 1. The molecule has 29 heavy (non-hydrogen) atoms. The van der Waals surface area contributed by atoms with E-state index in [0.29, 0.717) is 23.0 Å². The molecular weight excluding hydrogens is 362 g/mol. The lowest BCUT2D eigenvalue weighted by Gasteiger charge is -2.30. The van der Waals surface area contributed by atoms with Gasteiger partial charge in [0.2, 0.25) is 0 Å². The Labute approximate surface area is 174 Å². The second kappa shape index (κ2) is 9.09. The van der Waals surface area contributed by atoms with Crippen LogP contribution in [0.25, 0.3) is 11.3 Å². The van der Waals surface area contributed by atoms with Crippen LogP contribution in [0.1, 0.15) is 62.9 Å². The Balaban J connectivity index is 0.000000204. The number of anilines is 2. The smallest absolute Gasteiger partial charge is 0.147 e. The molecule has 6 heteroatoms. The van der Waals surface area contributed by atoms with E-state index in [1.54, 1.807) is 0 Å². The Morgan fingerprint density at radius 2 is 2.00 bits per heavy atom. The first-order valence-electron chi connectivity index (χ1n) is 10.8. The summed E-state index contributed by atoms with van der Waals surface area (Å²) in [4.78, 5) is 8.67. The summed E-state index contributed by atoms with van der Waals surface area (Å²) in [7, 11) is 0. The lowest BCUT2D eigenvalue weighted by molar-refractivity contribution is 0.237. The van der Waals surface area contributed by atoms with Gasteiger partial charge in [-0.15, -0.1) is 0 Å². The maximum atomic E-state index is 9.24. The van der Waals surface area contributed by atoms with Crippen molar-refractivity contribution in [1.29, 1.82) is 0 Å². The first kappa shape index (κ1) is 21.5. The second-order valence-electron chi connectivity index (χ2n) is 8.26. The topological polar surface area (TPSA) is 110 Å². The first-order valence-corrected chi connectivity index (χ1v) is 10.8. The minimum absolute atomic E-state index is 0.199. The summed E-state index contributed by atoms with van der Waals surface area (Å²) in [6.07, 6.45) is 7.56. The third kappa shape index (κ3) is 4.38. The number of aliphatic hydroxyl groups is 1. The average molecular weight is 398 g/mol. The van der Waals surface area contributed by atoms with E-state index < -0.39 is 0 Å². The standard InChI is InChI=1S/C14H16N4O.C9H19N/c1-8-13(18-12(7-19)14(15)17-8)10-3-2-9-4-5-16-11(9)6-10;1-3-9(4-2)7-5-6-8(9)10/h2-3,6,16,19H,4-5,7H2,1H3,(H2,15,17);8H,3-7,10H2,1-2H3/t;8-/m.1/s1. The van der Waals surface area contributed by atoms with Crippen molar-refractivity contribution in [2.75, 3.05) is 17.6 Å². The molecule has 1 atom stereocenters. The van der Waals surface area contributed by atoms with Gasteiger partial charge in [-0.05, 0) is 56.1 Å². The molecule has 1 aliphatic carbocycles. The SMILES string of the molecule is CCC1(CC)CCC[C@H]1N.Cc1nc(N)c(CO)nc1-c1ccc2c(c1)NCC2. The summed E-state index contributed by atoms with van der Waals surface area (Å²) >= 11 is 0. The van der Waals surface area contributed by atoms with Crippen molar-refractivity contribution in [2.45, 2.75) is 71.9 Å². The van der Waals surface area contributed by atoms with Gasteiger partial charge in [0.15, 0.2) is 0 Å². The molecule has 1 aliphatic heterocycles. The predicted octanol–water partition coefficient (Wildman–Crippen LogP) is 3.80. The number of nitrogens with zero attached hydrogens (tertiary/aromatic N) is 2. The van der Waals surface area contributed by atoms with E-state index >= 15 is 0 Å². The van der Waals surface area contributed by atoms with E-state index in [4.69, 9.17) is 11.5 Å². The third-order valence-corrected chi connectivity index (χ3v) is 6.80. The molecule has 0 saturated heterocycles. The Kier molecular flexibility index (Phi) is 6.75. The molecule has 0 spiro atoms. The second-order valence-corrected chi connectivity index (χ2v) is 8.26. The van der Waals surface area contributed by atoms with Crippen molar-refractivity contribution >= 4 is 11.5 Å². The third-order valence-electron chi connectivity index (χ3n) is 6.80. The number of hydrogen-bond acceptors (Lipinski definition) is 6. The molecule has 4 rings (SSSR count). The van der Waals surface area contributed by atoms with Gasteiger partial charge in [-0.1, -0.05) is 32.4 Å². The molecule has 0 amide bonds. The van der Waals surface area contributed by atoms with Gasteiger partial charge in [0.1, 0.15) is 11.5 Å². The number of rotatable bonds is 4. The van der Waals surface area contributed by atoms with Crippen LogP contribution >= 0.6 is 0 Å². The number of aryl methyl sites for hydroxylation is 1. The lowest BCUT2D eigenvalue weighted by Crippen LogP contribution is -2.35. The molecule has 0 radical (unpaired) electrons. The molecule has 1 saturated carbocycles. The van der Waals surface area contributed by atoms with Crippen LogP contribution in [-0.4, -0.2) is 27.7 Å². The number of hydrogen-bond donors (Lipinski definition) is 4. The normalized spacial score (nSPS) is 19.3. The predicted molar refractivity (Wildman–Crippen MR) is 120 cm³/mol. The van der Waals surface area contributed by atoms with Crippen LogP contribution in [0.2, 0.25) is 0 Å². The molecule has 2 aromatic rings. The average Bonchev–Trinajstić information content (AvgIpc) is 3.34. The van der Waals surface area contributed by atoms with Gasteiger partial charge in [0, 0.05) is 23.8 Å². The number of benzene rings is 1. The monoisotopic (exact) mass is 397 g/mol. The van der Waals surface area contributed by atoms with Gasteiger partial charge in [0.25, 0.3) is 0 Å². The Bertz CT molecular complexity index is 847. The minimum atomic E-state index is -0.199. The van der Waals surface area contributed by atoms with E-state index in [1.165, 1.54) is 37.7 Å². The van der Waals surface area contributed by atoms with Crippen LogP contribution in [0, 0.1) is 12.3 Å². The van der Waals surface area contributed by atoms with Crippen LogP contribution in [0.15, 0.2) is 18.2 Å². The first-order chi connectivity index (χ1) is 13.9. The van der Waals surface area contributed by atoms with E-state index in [2.05, 4.69) is 41.3 Å². The lowest BCUT2D eigenvalue weighted by atomic mass is 9.78. The number of nitrogens with two attached hydrogens (primary N) is 2. The van der Waals surface area contributed by atoms with E-state index in [-0.39, 0.29) is 6.61 Å². The van der Waals surface area contributed by atoms with E-state index in [0.717, 1.165) is 35.6 Å². The zero-order valence-electron chi connectivity index (χ0n) is 18.0. The van der Waals surface area contributed by atoms with Gasteiger partial charge in [-0.25, -0.2) is 9.97 Å². The summed E-state index contributed by atoms with van der Waals surface area (Å²) < 4.78 is 0. The fourth-order valence-corrected chi connectivity index (χ4v) is 4.69. The zero-order valence-corrected chi connectivity index (χ0v) is 18.0. The molecule has 1 aromatic heterocycles.